The Balaban J connectivity index is 1.83. The number of nitrogens with one attached hydrogen (secondary N) is 1. The highest BCUT2D eigenvalue weighted by Gasteiger charge is 2.28. The zero-order valence-electron chi connectivity index (χ0n) is 11.8. The molecule has 0 aromatic carbocycles. The summed E-state index contributed by atoms with van der Waals surface area (Å²) in [4.78, 5) is 24.6. The molecule has 0 bridgehead atoms. The molecule has 1 aliphatic carbocycles. The molecule has 0 spiro atoms. The molecule has 1 saturated heterocycles. The molecule has 1 aliphatic heterocycles. The van der Waals surface area contributed by atoms with Crippen molar-refractivity contribution in [1.82, 2.24) is 10.2 Å². The van der Waals surface area contributed by atoms with E-state index in [0.29, 0.717) is 6.54 Å². The maximum Gasteiger partial charge on any atom is 0.323 e. The minimum Gasteiger partial charge on any atom is -0.480 e. The fourth-order valence-corrected chi connectivity index (χ4v) is 3.00. The fourth-order valence-electron chi connectivity index (χ4n) is 3.00. The van der Waals surface area contributed by atoms with Gasteiger partial charge in [0.1, 0.15) is 6.54 Å². The highest BCUT2D eigenvalue weighted by atomic mass is 16.5. The Morgan fingerprint density at radius 3 is 2.45 bits per heavy atom. The van der Waals surface area contributed by atoms with E-state index >= 15 is 0 Å². The average molecular weight is 284 g/mol. The van der Waals surface area contributed by atoms with Crippen molar-refractivity contribution >= 4 is 12.0 Å². The number of hydrogen-bond donors (Lipinski definition) is 2. The van der Waals surface area contributed by atoms with E-state index in [-0.39, 0.29) is 24.7 Å². The maximum atomic E-state index is 12.2. The fraction of sp³-hybridized carbons (Fsp3) is 0.857. The second-order valence-electron chi connectivity index (χ2n) is 5.63. The van der Waals surface area contributed by atoms with Gasteiger partial charge in [-0.1, -0.05) is 12.8 Å². The van der Waals surface area contributed by atoms with Crippen LogP contribution < -0.4 is 5.32 Å². The molecule has 114 valence electrons. The van der Waals surface area contributed by atoms with E-state index in [4.69, 9.17) is 9.84 Å². The number of aliphatic carboxylic acids is 1. The highest BCUT2D eigenvalue weighted by molar-refractivity contribution is 5.80. The van der Waals surface area contributed by atoms with Gasteiger partial charge in [0.05, 0.1) is 6.10 Å². The van der Waals surface area contributed by atoms with E-state index in [1.54, 1.807) is 0 Å². The van der Waals surface area contributed by atoms with Gasteiger partial charge in [-0.25, -0.2) is 4.79 Å². The van der Waals surface area contributed by atoms with Gasteiger partial charge in [0.25, 0.3) is 0 Å². The smallest absolute Gasteiger partial charge is 0.323 e. The number of carbonyl (C=O) groups excluding carboxylic acids is 1. The van der Waals surface area contributed by atoms with E-state index in [1.165, 1.54) is 4.90 Å². The third kappa shape index (κ3) is 4.37. The lowest BCUT2D eigenvalue weighted by Crippen LogP contribution is -2.49. The molecule has 1 atom stereocenters. The normalized spacial score (nSPS) is 23.5. The van der Waals surface area contributed by atoms with E-state index in [0.717, 1.165) is 51.6 Å². The minimum atomic E-state index is -0.957. The van der Waals surface area contributed by atoms with Crippen LogP contribution in [0.25, 0.3) is 0 Å². The van der Waals surface area contributed by atoms with Crippen molar-refractivity contribution in [3.63, 3.8) is 0 Å². The van der Waals surface area contributed by atoms with Crippen LogP contribution in [0.4, 0.5) is 4.79 Å². The molecular formula is C14H24N2O4. The summed E-state index contributed by atoms with van der Waals surface area (Å²) in [6.07, 6.45) is 7.19. The first-order chi connectivity index (χ1) is 9.66. The van der Waals surface area contributed by atoms with Crippen molar-refractivity contribution < 1.29 is 19.4 Å². The Morgan fingerprint density at radius 1 is 1.15 bits per heavy atom. The first-order valence-electron chi connectivity index (χ1n) is 7.54. The first kappa shape index (κ1) is 15.1. The van der Waals surface area contributed by atoms with Gasteiger partial charge in [0.15, 0.2) is 0 Å². The van der Waals surface area contributed by atoms with Gasteiger partial charge in [0, 0.05) is 19.2 Å². The minimum absolute atomic E-state index is 0.0679. The Hall–Kier alpha value is -1.30. The van der Waals surface area contributed by atoms with E-state index in [2.05, 4.69) is 5.32 Å². The monoisotopic (exact) mass is 284 g/mol. The molecular weight excluding hydrogens is 260 g/mol. The maximum absolute atomic E-state index is 12.2. The molecule has 6 heteroatoms. The van der Waals surface area contributed by atoms with Gasteiger partial charge in [-0.3, -0.25) is 4.79 Å². The summed E-state index contributed by atoms with van der Waals surface area (Å²) >= 11 is 0. The number of carboxylic acids is 1. The van der Waals surface area contributed by atoms with Gasteiger partial charge >= 0.3 is 12.0 Å². The summed E-state index contributed by atoms with van der Waals surface area (Å²) in [6, 6.07) is -0.202. The van der Waals surface area contributed by atoms with Gasteiger partial charge in [-0.2, -0.15) is 0 Å². The predicted octanol–water partition coefficient (Wildman–Crippen LogP) is 1.59. The van der Waals surface area contributed by atoms with Crippen LogP contribution in [0.3, 0.4) is 0 Å². The zero-order chi connectivity index (χ0) is 14.4. The molecule has 6 nitrogen and oxygen atoms in total. The number of hydrogen-bond acceptors (Lipinski definition) is 3. The summed E-state index contributed by atoms with van der Waals surface area (Å²) in [7, 11) is 0. The van der Waals surface area contributed by atoms with Crippen molar-refractivity contribution in [1.29, 1.82) is 0 Å². The highest BCUT2D eigenvalue weighted by Crippen LogP contribution is 2.23. The molecule has 2 N–H and O–H groups in total. The van der Waals surface area contributed by atoms with Crippen LogP contribution in [0.15, 0.2) is 0 Å². The third-order valence-corrected chi connectivity index (χ3v) is 4.09. The summed E-state index contributed by atoms with van der Waals surface area (Å²) < 4.78 is 5.57. The summed E-state index contributed by atoms with van der Waals surface area (Å²) in [5, 5.41) is 11.8. The first-order valence-corrected chi connectivity index (χ1v) is 7.54. The van der Waals surface area contributed by atoms with Gasteiger partial charge in [-0.15, -0.1) is 0 Å². The van der Waals surface area contributed by atoms with Gasteiger partial charge < -0.3 is 20.1 Å². The lowest BCUT2D eigenvalue weighted by molar-refractivity contribution is -0.138. The van der Waals surface area contributed by atoms with Crippen LogP contribution in [0, 0.1) is 0 Å². The molecule has 2 aliphatic rings. The number of carboxylic acid groups (broad SMARTS) is 1. The standard InChI is InChI=1S/C14H24N2O4/c17-13(18)10-16(11-5-1-2-6-11)14(19)15-9-12-7-3-4-8-20-12/h11-12H,1-10H2,(H,15,19)(H,17,18). The quantitative estimate of drug-likeness (QED) is 0.803. The number of rotatable bonds is 5. The van der Waals surface area contributed by atoms with E-state index in [1.807, 2.05) is 0 Å². The SMILES string of the molecule is O=C(O)CN(C(=O)NCC1CCCCO1)C1CCCC1. The van der Waals surface area contributed by atoms with Crippen LogP contribution in [0.2, 0.25) is 0 Å². The Kier molecular flexibility index (Phi) is 5.64. The largest absolute Gasteiger partial charge is 0.480 e. The molecule has 0 radical (unpaired) electrons. The molecule has 1 saturated carbocycles. The molecule has 2 amide bonds. The number of nitrogens with zero attached hydrogens (tertiary/aromatic N) is 1. The zero-order valence-corrected chi connectivity index (χ0v) is 11.8. The summed E-state index contributed by atoms with van der Waals surface area (Å²) in [6.45, 7) is 1.01. The van der Waals surface area contributed by atoms with Crippen LogP contribution in [-0.2, 0) is 9.53 Å². The molecule has 20 heavy (non-hydrogen) atoms. The van der Waals surface area contributed by atoms with Crippen molar-refractivity contribution in [2.45, 2.75) is 57.1 Å². The van der Waals surface area contributed by atoms with Crippen molar-refractivity contribution in [2.24, 2.45) is 0 Å². The van der Waals surface area contributed by atoms with Gasteiger partial charge in [0.2, 0.25) is 0 Å². The van der Waals surface area contributed by atoms with Crippen LogP contribution in [-0.4, -0.2) is 53.8 Å². The number of carbonyl (C=O) groups is 2. The predicted molar refractivity (Wildman–Crippen MR) is 73.6 cm³/mol. The molecule has 2 rings (SSSR count). The second kappa shape index (κ2) is 7.47. The molecule has 1 heterocycles. The van der Waals surface area contributed by atoms with Crippen molar-refractivity contribution in [3.8, 4) is 0 Å². The number of amides is 2. The number of ether oxygens (including phenoxy) is 1. The molecule has 1 unspecified atom stereocenters. The lowest BCUT2D eigenvalue weighted by atomic mass is 10.1. The van der Waals surface area contributed by atoms with Crippen molar-refractivity contribution in [3.05, 3.63) is 0 Å². The lowest BCUT2D eigenvalue weighted by Gasteiger charge is -2.29. The average Bonchev–Trinajstić information content (AvgIpc) is 2.97. The molecule has 0 aromatic rings. The van der Waals surface area contributed by atoms with Gasteiger partial charge in [-0.05, 0) is 32.1 Å². The van der Waals surface area contributed by atoms with Crippen LogP contribution >= 0.6 is 0 Å². The molecule has 2 fully saturated rings. The third-order valence-electron chi connectivity index (χ3n) is 4.09. The molecule has 0 aromatic heterocycles. The summed E-state index contributed by atoms with van der Waals surface area (Å²) in [5.41, 5.74) is 0. The van der Waals surface area contributed by atoms with Crippen LogP contribution in [0.5, 0.6) is 0 Å². The Bertz CT molecular complexity index is 336. The van der Waals surface area contributed by atoms with E-state index < -0.39 is 5.97 Å². The summed E-state index contributed by atoms with van der Waals surface area (Å²) in [5.74, 6) is -0.957. The Labute approximate surface area is 119 Å². The van der Waals surface area contributed by atoms with Crippen LogP contribution in [0.1, 0.15) is 44.9 Å². The second-order valence-corrected chi connectivity index (χ2v) is 5.63. The topological polar surface area (TPSA) is 78.9 Å². The number of urea groups is 1. The van der Waals surface area contributed by atoms with E-state index in [9.17, 15) is 9.59 Å². The Morgan fingerprint density at radius 2 is 1.85 bits per heavy atom. The van der Waals surface area contributed by atoms with Crippen molar-refractivity contribution in [2.75, 3.05) is 19.7 Å².